The smallest absolute Gasteiger partial charge is 0.326 e. The maximum atomic E-state index is 12.2. The Morgan fingerprint density at radius 2 is 1.79 bits per heavy atom. The molecule has 0 radical (unpaired) electrons. The first-order chi connectivity index (χ1) is 13.4. The monoisotopic (exact) mass is 375 g/mol. The molecule has 7 nitrogen and oxygen atoms in total. The van der Waals surface area contributed by atoms with Crippen LogP contribution >= 0.6 is 0 Å². The summed E-state index contributed by atoms with van der Waals surface area (Å²) >= 11 is 0. The molecular weight excluding hydrogens is 354 g/mol. The fourth-order valence-corrected chi connectivity index (χ4v) is 2.83. The van der Waals surface area contributed by atoms with E-state index < -0.39 is 6.03 Å². The third-order valence-electron chi connectivity index (χ3n) is 4.37. The molecule has 2 heterocycles. The van der Waals surface area contributed by atoms with E-state index >= 15 is 0 Å². The molecule has 7 heteroatoms. The molecule has 2 aromatic heterocycles. The molecule has 0 fully saturated rings. The predicted octanol–water partition coefficient (Wildman–Crippen LogP) is 4.96. The number of nitrogens with one attached hydrogen (secondary N) is 2. The second-order valence-corrected chi connectivity index (χ2v) is 7.56. The van der Waals surface area contributed by atoms with Crippen molar-refractivity contribution in [3.05, 3.63) is 66.6 Å². The van der Waals surface area contributed by atoms with Crippen LogP contribution in [-0.4, -0.2) is 20.7 Å². The number of nitrogens with zero attached hydrogens (tertiary/aromatic N) is 3. The average molecular weight is 375 g/mol. The van der Waals surface area contributed by atoms with Gasteiger partial charge in [-0.15, -0.1) is 0 Å². The normalized spacial score (nSPS) is 11.5. The average Bonchev–Trinajstić information content (AvgIpc) is 3.29. The van der Waals surface area contributed by atoms with Gasteiger partial charge in [-0.05, 0) is 36.4 Å². The third-order valence-corrected chi connectivity index (χ3v) is 4.37. The lowest BCUT2D eigenvalue weighted by atomic mass is 9.92. The summed E-state index contributed by atoms with van der Waals surface area (Å²) in [5.74, 6) is 0.309. The van der Waals surface area contributed by atoms with Crippen molar-refractivity contribution >= 4 is 28.6 Å². The number of carbonyl (C=O) groups is 1. The van der Waals surface area contributed by atoms with Crippen molar-refractivity contribution < 1.29 is 9.32 Å². The van der Waals surface area contributed by atoms with E-state index in [9.17, 15) is 4.79 Å². The molecule has 0 aliphatic heterocycles. The number of benzene rings is 2. The SMILES string of the molecule is CC(C)(C)c1cc(NC(=O)Nc2ccc(-n3cnc4ccccc43)cc2)on1. The van der Waals surface area contributed by atoms with E-state index in [2.05, 4.69) is 20.8 Å². The summed E-state index contributed by atoms with van der Waals surface area (Å²) < 4.78 is 7.18. The molecule has 4 rings (SSSR count). The van der Waals surface area contributed by atoms with Crippen molar-refractivity contribution in [2.45, 2.75) is 26.2 Å². The lowest BCUT2D eigenvalue weighted by Gasteiger charge is -2.12. The van der Waals surface area contributed by atoms with Crippen LogP contribution in [0.1, 0.15) is 26.5 Å². The Morgan fingerprint density at radius 1 is 1.04 bits per heavy atom. The van der Waals surface area contributed by atoms with Crippen molar-refractivity contribution in [2.75, 3.05) is 10.6 Å². The fourth-order valence-electron chi connectivity index (χ4n) is 2.83. The molecule has 2 aromatic carbocycles. The van der Waals surface area contributed by atoms with Gasteiger partial charge < -0.3 is 9.84 Å². The van der Waals surface area contributed by atoms with Crippen LogP contribution in [0, 0.1) is 0 Å². The first kappa shape index (κ1) is 17.8. The van der Waals surface area contributed by atoms with Gasteiger partial charge in [0.15, 0.2) is 0 Å². The summed E-state index contributed by atoms with van der Waals surface area (Å²) in [6, 6.07) is 16.8. The standard InChI is InChI=1S/C21H21N5O2/c1-21(2,3)18-12-19(28-25-18)24-20(27)23-14-8-10-15(11-9-14)26-13-22-16-6-4-5-7-17(16)26/h4-13H,1-3H3,(H2,23,24,27). The number of fused-ring (bicyclic) bond motifs is 1. The molecular formula is C21H21N5O2. The zero-order valence-corrected chi connectivity index (χ0v) is 15.9. The highest BCUT2D eigenvalue weighted by Crippen LogP contribution is 2.24. The van der Waals surface area contributed by atoms with Gasteiger partial charge in [0.05, 0.1) is 16.7 Å². The Hall–Kier alpha value is -3.61. The van der Waals surface area contributed by atoms with Crippen LogP contribution in [-0.2, 0) is 5.41 Å². The summed E-state index contributed by atoms with van der Waals surface area (Å²) in [4.78, 5) is 16.6. The number of aromatic nitrogens is 3. The Morgan fingerprint density at radius 3 is 2.50 bits per heavy atom. The summed E-state index contributed by atoms with van der Waals surface area (Å²) in [5, 5.41) is 9.43. The van der Waals surface area contributed by atoms with Crippen molar-refractivity contribution in [1.82, 2.24) is 14.7 Å². The topological polar surface area (TPSA) is 85.0 Å². The zero-order valence-electron chi connectivity index (χ0n) is 15.9. The van der Waals surface area contributed by atoms with Gasteiger partial charge in [-0.25, -0.2) is 9.78 Å². The van der Waals surface area contributed by atoms with E-state index in [0.717, 1.165) is 22.4 Å². The molecule has 0 bridgehead atoms. The van der Waals surface area contributed by atoms with Gasteiger partial charge in [-0.3, -0.25) is 9.88 Å². The first-order valence-electron chi connectivity index (χ1n) is 8.98. The highest BCUT2D eigenvalue weighted by molar-refractivity contribution is 5.99. The van der Waals surface area contributed by atoms with Crippen LogP contribution in [0.5, 0.6) is 0 Å². The van der Waals surface area contributed by atoms with Crippen molar-refractivity contribution in [1.29, 1.82) is 0 Å². The quantitative estimate of drug-likeness (QED) is 0.530. The van der Waals surface area contributed by atoms with E-state index in [4.69, 9.17) is 4.52 Å². The van der Waals surface area contributed by atoms with Crippen LogP contribution < -0.4 is 10.6 Å². The second-order valence-electron chi connectivity index (χ2n) is 7.56. The maximum absolute atomic E-state index is 12.2. The zero-order chi connectivity index (χ0) is 19.7. The molecule has 0 aliphatic rings. The third kappa shape index (κ3) is 3.59. The Kier molecular flexibility index (Phi) is 4.35. The minimum Gasteiger partial charge on any atom is -0.338 e. The number of rotatable bonds is 3. The van der Waals surface area contributed by atoms with E-state index in [1.807, 2.05) is 73.9 Å². The molecule has 28 heavy (non-hydrogen) atoms. The van der Waals surface area contributed by atoms with Gasteiger partial charge in [0.25, 0.3) is 0 Å². The Balaban J connectivity index is 1.44. The molecule has 142 valence electrons. The van der Waals surface area contributed by atoms with Gasteiger partial charge >= 0.3 is 6.03 Å². The largest absolute Gasteiger partial charge is 0.338 e. The lowest BCUT2D eigenvalue weighted by Crippen LogP contribution is -2.19. The lowest BCUT2D eigenvalue weighted by molar-refractivity contribution is 0.261. The molecule has 0 aliphatic carbocycles. The Bertz CT molecular complexity index is 1120. The molecule has 4 aromatic rings. The van der Waals surface area contributed by atoms with Crippen LogP contribution in [0.15, 0.2) is 65.4 Å². The highest BCUT2D eigenvalue weighted by atomic mass is 16.5. The maximum Gasteiger partial charge on any atom is 0.326 e. The predicted molar refractivity (Wildman–Crippen MR) is 109 cm³/mol. The van der Waals surface area contributed by atoms with Crippen LogP contribution in [0.2, 0.25) is 0 Å². The molecule has 0 saturated carbocycles. The molecule has 2 amide bonds. The number of amides is 2. The van der Waals surface area contributed by atoms with Gasteiger partial charge in [-0.2, -0.15) is 0 Å². The molecule has 0 spiro atoms. The number of para-hydroxylation sites is 2. The van der Waals surface area contributed by atoms with Gasteiger partial charge in [0.1, 0.15) is 6.33 Å². The second kappa shape index (κ2) is 6.84. The number of hydrogen-bond donors (Lipinski definition) is 2. The summed E-state index contributed by atoms with van der Waals surface area (Å²) in [6.45, 7) is 6.08. The summed E-state index contributed by atoms with van der Waals surface area (Å²) in [6.07, 6.45) is 1.79. The van der Waals surface area contributed by atoms with Crippen molar-refractivity contribution in [3.63, 3.8) is 0 Å². The number of imidazole rings is 1. The van der Waals surface area contributed by atoms with Gasteiger partial charge in [0.2, 0.25) is 5.88 Å². The number of anilines is 2. The first-order valence-corrected chi connectivity index (χ1v) is 8.98. The van der Waals surface area contributed by atoms with E-state index in [-0.39, 0.29) is 5.41 Å². The van der Waals surface area contributed by atoms with Gasteiger partial charge in [0, 0.05) is 22.9 Å². The molecule has 0 unspecified atom stereocenters. The minimum atomic E-state index is -0.391. The van der Waals surface area contributed by atoms with E-state index in [0.29, 0.717) is 11.6 Å². The number of hydrogen-bond acceptors (Lipinski definition) is 4. The number of urea groups is 1. The van der Waals surface area contributed by atoms with Crippen molar-refractivity contribution in [2.24, 2.45) is 0 Å². The number of carbonyl (C=O) groups excluding carboxylic acids is 1. The fraction of sp³-hybridized carbons (Fsp3) is 0.190. The molecule has 0 saturated heterocycles. The van der Waals surface area contributed by atoms with Crippen LogP contribution in [0.3, 0.4) is 0 Å². The van der Waals surface area contributed by atoms with Crippen LogP contribution in [0.25, 0.3) is 16.7 Å². The highest BCUT2D eigenvalue weighted by Gasteiger charge is 2.19. The van der Waals surface area contributed by atoms with Crippen molar-refractivity contribution in [3.8, 4) is 5.69 Å². The summed E-state index contributed by atoms with van der Waals surface area (Å²) in [5.41, 5.74) is 4.23. The summed E-state index contributed by atoms with van der Waals surface area (Å²) in [7, 11) is 0. The van der Waals surface area contributed by atoms with Gasteiger partial charge in [-0.1, -0.05) is 38.1 Å². The van der Waals surface area contributed by atoms with E-state index in [1.165, 1.54) is 0 Å². The molecule has 0 atom stereocenters. The van der Waals surface area contributed by atoms with Crippen LogP contribution in [0.4, 0.5) is 16.4 Å². The minimum absolute atomic E-state index is 0.146. The Labute approximate surface area is 162 Å². The molecule has 2 N–H and O–H groups in total. The van der Waals surface area contributed by atoms with E-state index in [1.54, 1.807) is 12.4 Å².